The van der Waals surface area contributed by atoms with Gasteiger partial charge in [0.2, 0.25) is 0 Å². The first-order valence-corrected chi connectivity index (χ1v) is 8.54. The number of hydrogen-bond donors (Lipinski definition) is 0. The number of likely N-dealkylation sites (tertiary alicyclic amines) is 1. The number of carbonyl (C=O) groups is 1. The zero-order valence-corrected chi connectivity index (χ0v) is 12.9. The predicted molar refractivity (Wildman–Crippen MR) is 80.3 cm³/mol. The third-order valence-corrected chi connectivity index (χ3v) is 6.05. The molecule has 1 saturated heterocycles. The van der Waals surface area contributed by atoms with Gasteiger partial charge in [-0.25, -0.2) is 0 Å². The van der Waals surface area contributed by atoms with Crippen LogP contribution in [-0.4, -0.2) is 29.3 Å². The van der Waals surface area contributed by atoms with Crippen molar-refractivity contribution in [3.63, 3.8) is 0 Å². The highest BCUT2D eigenvalue weighted by Crippen LogP contribution is 2.33. The molecular weight excluding hydrogens is 278 g/mol. The van der Waals surface area contributed by atoms with E-state index in [2.05, 4.69) is 13.0 Å². The number of halogens is 1. The molecule has 2 atom stereocenters. The summed E-state index contributed by atoms with van der Waals surface area (Å²) in [6, 6.07) is 2.35. The predicted octanol–water partition coefficient (Wildman–Crippen LogP) is 3.72. The van der Waals surface area contributed by atoms with Crippen LogP contribution in [0, 0.1) is 5.92 Å². The molecule has 3 rings (SSSR count). The Morgan fingerprint density at radius 3 is 3.00 bits per heavy atom. The molecule has 0 aromatic carbocycles. The zero-order valence-electron chi connectivity index (χ0n) is 11.3. The fraction of sp³-hybridized carbons (Fsp3) is 0.667. The maximum Gasteiger partial charge on any atom is 0.264 e. The van der Waals surface area contributed by atoms with Crippen LogP contribution >= 0.6 is 22.9 Å². The third kappa shape index (κ3) is 2.43. The van der Waals surface area contributed by atoms with Crippen LogP contribution in [0.25, 0.3) is 0 Å². The molecule has 104 valence electrons. The molecule has 2 heterocycles. The SMILES string of the molecule is CC1CCN(C(=O)c2cc3c(s2)CCCC3)C1CCl. The highest BCUT2D eigenvalue weighted by atomic mass is 35.5. The molecule has 1 aromatic rings. The fourth-order valence-electron chi connectivity index (χ4n) is 3.23. The van der Waals surface area contributed by atoms with Gasteiger partial charge in [0, 0.05) is 23.3 Å². The number of thiophene rings is 1. The number of fused-ring (bicyclic) bond motifs is 1. The van der Waals surface area contributed by atoms with Crippen LogP contribution < -0.4 is 0 Å². The lowest BCUT2D eigenvalue weighted by molar-refractivity contribution is 0.0742. The smallest absolute Gasteiger partial charge is 0.264 e. The Morgan fingerprint density at radius 2 is 2.26 bits per heavy atom. The maximum atomic E-state index is 12.7. The molecule has 2 unspecified atom stereocenters. The normalized spacial score (nSPS) is 26.5. The van der Waals surface area contributed by atoms with Crippen LogP contribution in [0.3, 0.4) is 0 Å². The van der Waals surface area contributed by atoms with Crippen molar-refractivity contribution in [3.8, 4) is 0 Å². The summed E-state index contributed by atoms with van der Waals surface area (Å²) < 4.78 is 0. The Morgan fingerprint density at radius 1 is 1.47 bits per heavy atom. The molecule has 0 bridgehead atoms. The Hall–Kier alpha value is -0.540. The second-order valence-electron chi connectivity index (χ2n) is 5.75. The van der Waals surface area contributed by atoms with E-state index in [4.69, 9.17) is 11.6 Å². The topological polar surface area (TPSA) is 20.3 Å². The lowest BCUT2D eigenvalue weighted by atomic mass is 9.99. The number of hydrogen-bond acceptors (Lipinski definition) is 2. The Kier molecular flexibility index (Phi) is 3.86. The van der Waals surface area contributed by atoms with Crippen molar-refractivity contribution in [2.45, 2.75) is 45.1 Å². The number of rotatable bonds is 2. The van der Waals surface area contributed by atoms with E-state index in [-0.39, 0.29) is 11.9 Å². The van der Waals surface area contributed by atoms with Gasteiger partial charge in [-0.15, -0.1) is 22.9 Å². The molecule has 0 spiro atoms. The van der Waals surface area contributed by atoms with E-state index in [1.54, 1.807) is 11.3 Å². The number of carbonyl (C=O) groups excluding carboxylic acids is 1. The monoisotopic (exact) mass is 297 g/mol. The summed E-state index contributed by atoms with van der Waals surface area (Å²) in [5.41, 5.74) is 1.41. The van der Waals surface area contributed by atoms with E-state index in [1.807, 2.05) is 4.90 Å². The van der Waals surface area contributed by atoms with Crippen molar-refractivity contribution in [2.75, 3.05) is 12.4 Å². The molecule has 0 saturated carbocycles. The van der Waals surface area contributed by atoms with Gasteiger partial charge in [0.1, 0.15) is 0 Å². The Labute approximate surface area is 123 Å². The zero-order chi connectivity index (χ0) is 13.4. The minimum Gasteiger partial charge on any atom is -0.333 e. The molecule has 1 aromatic heterocycles. The van der Waals surface area contributed by atoms with E-state index < -0.39 is 0 Å². The third-order valence-electron chi connectivity index (χ3n) is 4.51. The molecule has 1 amide bonds. The molecule has 1 aliphatic carbocycles. The van der Waals surface area contributed by atoms with E-state index in [9.17, 15) is 4.79 Å². The molecule has 0 N–H and O–H groups in total. The van der Waals surface area contributed by atoms with Crippen LogP contribution in [0.15, 0.2) is 6.07 Å². The van der Waals surface area contributed by atoms with Gasteiger partial charge in [0.05, 0.1) is 4.88 Å². The summed E-state index contributed by atoms with van der Waals surface area (Å²) in [6.07, 6.45) is 5.92. The van der Waals surface area contributed by atoms with Crippen molar-refractivity contribution in [1.82, 2.24) is 4.90 Å². The minimum absolute atomic E-state index is 0.203. The first-order valence-electron chi connectivity index (χ1n) is 7.19. The van der Waals surface area contributed by atoms with Crippen molar-refractivity contribution in [2.24, 2.45) is 5.92 Å². The lowest BCUT2D eigenvalue weighted by Crippen LogP contribution is -2.38. The number of aryl methyl sites for hydroxylation is 2. The largest absolute Gasteiger partial charge is 0.333 e. The van der Waals surface area contributed by atoms with Crippen LogP contribution in [-0.2, 0) is 12.8 Å². The average Bonchev–Trinajstić information content (AvgIpc) is 3.00. The Balaban J connectivity index is 1.82. The van der Waals surface area contributed by atoms with Crippen molar-refractivity contribution < 1.29 is 4.79 Å². The summed E-state index contributed by atoms with van der Waals surface area (Å²) >= 11 is 7.75. The van der Waals surface area contributed by atoms with Gasteiger partial charge in [-0.1, -0.05) is 6.92 Å². The molecule has 1 aliphatic heterocycles. The average molecular weight is 298 g/mol. The summed E-state index contributed by atoms with van der Waals surface area (Å²) in [5.74, 6) is 1.28. The molecule has 0 radical (unpaired) electrons. The maximum absolute atomic E-state index is 12.7. The van der Waals surface area contributed by atoms with Gasteiger partial charge in [-0.2, -0.15) is 0 Å². The van der Waals surface area contributed by atoms with E-state index in [0.717, 1.165) is 30.7 Å². The molecular formula is C15H20ClNOS. The van der Waals surface area contributed by atoms with Gasteiger partial charge < -0.3 is 4.90 Å². The molecule has 19 heavy (non-hydrogen) atoms. The van der Waals surface area contributed by atoms with Gasteiger partial charge in [0.15, 0.2) is 0 Å². The summed E-state index contributed by atoms with van der Waals surface area (Å²) in [4.78, 5) is 17.0. The van der Waals surface area contributed by atoms with Crippen LogP contribution in [0.5, 0.6) is 0 Å². The van der Waals surface area contributed by atoms with Gasteiger partial charge in [-0.05, 0) is 49.7 Å². The second kappa shape index (κ2) is 5.45. The first-order chi connectivity index (χ1) is 9.20. The van der Waals surface area contributed by atoms with E-state index >= 15 is 0 Å². The summed E-state index contributed by atoms with van der Waals surface area (Å²) in [6.45, 7) is 3.06. The number of alkyl halides is 1. The summed E-state index contributed by atoms with van der Waals surface area (Å²) in [7, 11) is 0. The highest BCUT2D eigenvalue weighted by Gasteiger charge is 2.35. The van der Waals surface area contributed by atoms with Crippen LogP contribution in [0.4, 0.5) is 0 Å². The highest BCUT2D eigenvalue weighted by molar-refractivity contribution is 7.14. The van der Waals surface area contributed by atoms with Crippen LogP contribution in [0.1, 0.15) is 46.3 Å². The van der Waals surface area contributed by atoms with Crippen molar-refractivity contribution in [1.29, 1.82) is 0 Å². The minimum atomic E-state index is 0.203. The van der Waals surface area contributed by atoms with E-state index in [0.29, 0.717) is 11.8 Å². The Bertz CT molecular complexity index is 461. The number of amides is 1. The molecule has 1 fully saturated rings. The molecule has 4 heteroatoms. The molecule has 2 aliphatic rings. The lowest BCUT2D eigenvalue weighted by Gasteiger charge is -2.24. The van der Waals surface area contributed by atoms with Crippen molar-refractivity contribution >= 4 is 28.8 Å². The second-order valence-corrected chi connectivity index (χ2v) is 7.20. The number of nitrogens with zero attached hydrogens (tertiary/aromatic N) is 1. The van der Waals surface area contributed by atoms with E-state index in [1.165, 1.54) is 23.3 Å². The standard InChI is InChI=1S/C15H20ClNOS/c1-10-6-7-17(12(10)9-16)15(18)14-8-11-4-2-3-5-13(11)19-14/h8,10,12H,2-7,9H2,1H3. The molecule has 2 nitrogen and oxygen atoms in total. The van der Waals surface area contributed by atoms with Crippen molar-refractivity contribution in [3.05, 3.63) is 21.4 Å². The van der Waals surface area contributed by atoms with Gasteiger partial charge in [-0.3, -0.25) is 4.79 Å². The first kappa shape index (κ1) is 13.4. The van der Waals surface area contributed by atoms with Gasteiger partial charge >= 0.3 is 0 Å². The van der Waals surface area contributed by atoms with Gasteiger partial charge in [0.25, 0.3) is 5.91 Å². The van der Waals surface area contributed by atoms with Crippen LogP contribution in [0.2, 0.25) is 0 Å². The quantitative estimate of drug-likeness (QED) is 0.762. The summed E-state index contributed by atoms with van der Waals surface area (Å²) in [5, 5.41) is 0. The fourth-order valence-corrected chi connectivity index (χ4v) is 4.91.